The first-order valence-corrected chi connectivity index (χ1v) is 6.76. The van der Waals surface area contributed by atoms with Crippen LogP contribution in [-0.2, 0) is 16.3 Å². The van der Waals surface area contributed by atoms with E-state index in [4.69, 9.17) is 5.11 Å². The summed E-state index contributed by atoms with van der Waals surface area (Å²) < 4.78 is 22.5. The van der Waals surface area contributed by atoms with Crippen molar-refractivity contribution in [3.05, 3.63) is 29.8 Å². The van der Waals surface area contributed by atoms with E-state index in [9.17, 15) is 8.42 Å². The molecule has 1 rings (SSSR count). The molecule has 1 aromatic rings. The largest absolute Gasteiger partial charge is 0.393 e. The summed E-state index contributed by atoms with van der Waals surface area (Å²) in [4.78, 5) is 0.339. The van der Waals surface area contributed by atoms with Crippen molar-refractivity contribution in [3.63, 3.8) is 0 Å². The lowest BCUT2D eigenvalue weighted by Gasteiger charge is -2.05. The Morgan fingerprint density at radius 1 is 1.40 bits per heavy atom. The van der Waals surface area contributed by atoms with Gasteiger partial charge in [-0.25, -0.2) is 8.42 Å². The smallest absolute Gasteiger partial charge is 0.175 e. The molecule has 15 heavy (non-hydrogen) atoms. The fourth-order valence-electron chi connectivity index (χ4n) is 1.31. The predicted molar refractivity (Wildman–Crippen MR) is 59.6 cm³/mol. The van der Waals surface area contributed by atoms with Crippen LogP contribution in [-0.4, -0.2) is 25.9 Å². The molecule has 0 aliphatic rings. The van der Waals surface area contributed by atoms with Gasteiger partial charge in [0.2, 0.25) is 0 Å². The molecule has 4 heteroatoms. The maximum atomic E-state index is 11.3. The quantitative estimate of drug-likeness (QED) is 0.847. The van der Waals surface area contributed by atoms with E-state index in [-0.39, 0.29) is 6.10 Å². The average molecular weight is 228 g/mol. The van der Waals surface area contributed by atoms with Gasteiger partial charge in [-0.05, 0) is 37.5 Å². The van der Waals surface area contributed by atoms with Crippen molar-refractivity contribution in [1.29, 1.82) is 0 Å². The van der Waals surface area contributed by atoms with Crippen LogP contribution in [0.2, 0.25) is 0 Å². The van der Waals surface area contributed by atoms with Gasteiger partial charge in [0.1, 0.15) is 0 Å². The lowest BCUT2D eigenvalue weighted by atomic mass is 10.1. The maximum Gasteiger partial charge on any atom is 0.175 e. The van der Waals surface area contributed by atoms with Crippen molar-refractivity contribution < 1.29 is 13.5 Å². The van der Waals surface area contributed by atoms with Gasteiger partial charge in [-0.3, -0.25) is 0 Å². The minimum Gasteiger partial charge on any atom is -0.393 e. The molecule has 1 atom stereocenters. The Morgan fingerprint density at radius 2 is 2.07 bits per heavy atom. The zero-order chi connectivity index (χ0) is 11.5. The van der Waals surface area contributed by atoms with Crippen molar-refractivity contribution in [2.45, 2.75) is 30.8 Å². The van der Waals surface area contributed by atoms with E-state index < -0.39 is 9.84 Å². The average Bonchev–Trinajstić information content (AvgIpc) is 2.14. The fraction of sp³-hybridized carbons (Fsp3) is 0.455. The molecular weight excluding hydrogens is 212 g/mol. The standard InChI is InChI=1S/C11H16O3S/c1-9(12)6-7-10-4-3-5-11(8-10)15(2,13)14/h3-5,8-9,12H,6-7H2,1-2H3/t9-/m0/s1. The van der Waals surface area contributed by atoms with Crippen molar-refractivity contribution in [2.24, 2.45) is 0 Å². The Labute approximate surface area is 90.7 Å². The topological polar surface area (TPSA) is 54.4 Å². The van der Waals surface area contributed by atoms with Crippen LogP contribution in [0.15, 0.2) is 29.2 Å². The van der Waals surface area contributed by atoms with Crippen LogP contribution >= 0.6 is 0 Å². The molecular formula is C11H16O3S. The lowest BCUT2D eigenvalue weighted by molar-refractivity contribution is 0.185. The maximum absolute atomic E-state index is 11.3. The molecule has 0 heterocycles. The lowest BCUT2D eigenvalue weighted by Crippen LogP contribution is -2.02. The first kappa shape index (κ1) is 12.2. The molecule has 84 valence electrons. The molecule has 0 fully saturated rings. The minimum atomic E-state index is -3.13. The van der Waals surface area contributed by atoms with Gasteiger partial charge >= 0.3 is 0 Å². The van der Waals surface area contributed by atoms with Gasteiger partial charge < -0.3 is 5.11 Å². The monoisotopic (exact) mass is 228 g/mol. The number of sulfone groups is 1. The molecule has 3 nitrogen and oxygen atoms in total. The van der Waals surface area contributed by atoms with Gasteiger partial charge in [-0.15, -0.1) is 0 Å². The fourth-order valence-corrected chi connectivity index (χ4v) is 2.00. The van der Waals surface area contributed by atoms with E-state index >= 15 is 0 Å². The van der Waals surface area contributed by atoms with Crippen molar-refractivity contribution in [1.82, 2.24) is 0 Å². The summed E-state index contributed by atoms with van der Waals surface area (Å²) in [6, 6.07) is 6.85. The highest BCUT2D eigenvalue weighted by Gasteiger charge is 2.07. The zero-order valence-corrected chi connectivity index (χ0v) is 9.79. The van der Waals surface area contributed by atoms with E-state index in [0.717, 1.165) is 5.56 Å². The molecule has 0 aliphatic carbocycles. The molecule has 0 spiro atoms. The minimum absolute atomic E-state index is 0.339. The molecule has 0 saturated heterocycles. The Bertz CT molecular complexity index is 421. The van der Waals surface area contributed by atoms with Gasteiger partial charge in [-0.1, -0.05) is 12.1 Å². The van der Waals surface area contributed by atoms with Gasteiger partial charge in [0.25, 0.3) is 0 Å². The molecule has 0 aromatic heterocycles. The predicted octanol–water partition coefficient (Wildman–Crippen LogP) is 1.40. The molecule has 0 bridgehead atoms. The number of hydrogen-bond donors (Lipinski definition) is 1. The van der Waals surface area contributed by atoms with Gasteiger partial charge in [-0.2, -0.15) is 0 Å². The van der Waals surface area contributed by atoms with E-state index in [2.05, 4.69) is 0 Å². The number of aryl methyl sites for hydroxylation is 1. The molecule has 0 saturated carbocycles. The molecule has 0 aliphatic heterocycles. The third-order valence-electron chi connectivity index (χ3n) is 2.18. The number of hydrogen-bond acceptors (Lipinski definition) is 3. The summed E-state index contributed by atoms with van der Waals surface area (Å²) in [7, 11) is -3.13. The van der Waals surface area contributed by atoms with E-state index in [1.54, 1.807) is 25.1 Å². The number of benzene rings is 1. The second-order valence-corrected chi connectivity index (χ2v) is 5.82. The molecule has 1 N–H and O–H groups in total. The Kier molecular flexibility index (Phi) is 3.88. The van der Waals surface area contributed by atoms with Gasteiger partial charge in [0.15, 0.2) is 9.84 Å². The summed E-state index contributed by atoms with van der Waals surface area (Å²) in [5.74, 6) is 0. The van der Waals surface area contributed by atoms with Crippen molar-refractivity contribution >= 4 is 9.84 Å². The molecule has 0 unspecified atom stereocenters. The number of aliphatic hydroxyl groups is 1. The highest BCUT2D eigenvalue weighted by molar-refractivity contribution is 7.90. The third-order valence-corrected chi connectivity index (χ3v) is 3.29. The molecule has 1 aromatic carbocycles. The Hall–Kier alpha value is -0.870. The first-order chi connectivity index (χ1) is 6.89. The van der Waals surface area contributed by atoms with Crippen molar-refractivity contribution in [2.75, 3.05) is 6.26 Å². The summed E-state index contributed by atoms with van der Waals surface area (Å²) in [5.41, 5.74) is 0.943. The second kappa shape index (κ2) is 4.77. The molecule has 0 amide bonds. The van der Waals surface area contributed by atoms with Crippen LogP contribution in [0.5, 0.6) is 0 Å². The first-order valence-electron chi connectivity index (χ1n) is 4.86. The summed E-state index contributed by atoms with van der Waals surface area (Å²) in [6.45, 7) is 1.72. The number of aliphatic hydroxyl groups excluding tert-OH is 1. The summed E-state index contributed by atoms with van der Waals surface area (Å²) in [5, 5.41) is 9.12. The van der Waals surface area contributed by atoms with Crippen LogP contribution in [0.4, 0.5) is 0 Å². The van der Waals surface area contributed by atoms with Crippen LogP contribution in [0.3, 0.4) is 0 Å². The third kappa shape index (κ3) is 4.01. The SMILES string of the molecule is C[C@H](O)CCc1cccc(S(C)(=O)=O)c1. The van der Waals surface area contributed by atoms with Gasteiger partial charge in [0.05, 0.1) is 11.0 Å². The van der Waals surface area contributed by atoms with Crippen LogP contribution < -0.4 is 0 Å². The summed E-state index contributed by atoms with van der Waals surface area (Å²) in [6.07, 6.45) is 2.18. The van der Waals surface area contributed by atoms with Crippen LogP contribution in [0.25, 0.3) is 0 Å². The Morgan fingerprint density at radius 3 is 2.60 bits per heavy atom. The van der Waals surface area contributed by atoms with Crippen molar-refractivity contribution in [3.8, 4) is 0 Å². The van der Waals surface area contributed by atoms with Crippen LogP contribution in [0, 0.1) is 0 Å². The van der Waals surface area contributed by atoms with E-state index in [1.165, 1.54) is 6.26 Å². The van der Waals surface area contributed by atoms with E-state index in [1.807, 2.05) is 6.07 Å². The Balaban J connectivity index is 2.84. The van der Waals surface area contributed by atoms with E-state index in [0.29, 0.717) is 17.7 Å². The highest BCUT2D eigenvalue weighted by atomic mass is 32.2. The van der Waals surface area contributed by atoms with Crippen LogP contribution in [0.1, 0.15) is 18.9 Å². The number of rotatable bonds is 4. The highest BCUT2D eigenvalue weighted by Crippen LogP contribution is 2.13. The normalized spacial score (nSPS) is 13.8. The molecule has 0 radical (unpaired) electrons. The second-order valence-electron chi connectivity index (χ2n) is 3.81. The zero-order valence-electron chi connectivity index (χ0n) is 8.97. The summed E-state index contributed by atoms with van der Waals surface area (Å²) >= 11 is 0. The van der Waals surface area contributed by atoms with Gasteiger partial charge in [0, 0.05) is 6.26 Å².